The Bertz CT molecular complexity index is 463. The quantitative estimate of drug-likeness (QED) is 0.938. The van der Waals surface area contributed by atoms with E-state index in [1.165, 1.54) is 5.56 Å². The Hall–Kier alpha value is -1.07. The molecule has 2 heterocycles. The lowest BCUT2D eigenvalue weighted by atomic mass is 10.1. The van der Waals surface area contributed by atoms with Gasteiger partial charge < -0.3 is 10.2 Å². The molecule has 0 saturated heterocycles. The molecule has 2 aromatic heterocycles. The van der Waals surface area contributed by atoms with E-state index < -0.39 is 0 Å². The minimum Gasteiger partial charge on any atom is -0.453 e. The Morgan fingerprint density at radius 3 is 2.94 bits per heavy atom. The summed E-state index contributed by atoms with van der Waals surface area (Å²) in [5.41, 5.74) is 7.22. The summed E-state index contributed by atoms with van der Waals surface area (Å²) in [6.45, 7) is 0. The average molecular weight is 284 g/mol. The third kappa shape index (κ3) is 2.74. The zero-order valence-corrected chi connectivity index (χ0v) is 10.6. The molecule has 2 aromatic rings. The third-order valence-corrected chi connectivity index (χ3v) is 2.89. The van der Waals surface area contributed by atoms with Crippen molar-refractivity contribution >= 4 is 15.9 Å². The van der Waals surface area contributed by atoms with Crippen LogP contribution in [0, 0.1) is 0 Å². The van der Waals surface area contributed by atoms with Crippen molar-refractivity contribution in [2.75, 3.05) is 0 Å². The number of aromatic nitrogens is 2. The monoisotopic (exact) mass is 283 g/mol. The normalized spacial score (nSPS) is 12.9. The van der Waals surface area contributed by atoms with Crippen molar-refractivity contribution in [1.82, 2.24) is 9.78 Å². The second kappa shape index (κ2) is 4.84. The molecule has 0 aliphatic heterocycles. The van der Waals surface area contributed by atoms with E-state index in [1.54, 1.807) is 4.68 Å². The highest BCUT2D eigenvalue weighted by Crippen LogP contribution is 2.22. The van der Waals surface area contributed by atoms with E-state index in [1.807, 2.05) is 31.6 Å². The van der Waals surface area contributed by atoms with Gasteiger partial charge >= 0.3 is 0 Å². The summed E-state index contributed by atoms with van der Waals surface area (Å²) in [4.78, 5) is 0. The summed E-state index contributed by atoms with van der Waals surface area (Å²) >= 11 is 3.26. The molecule has 0 fully saturated rings. The van der Waals surface area contributed by atoms with E-state index >= 15 is 0 Å². The Kier molecular flexibility index (Phi) is 3.46. The molecule has 0 spiro atoms. The van der Waals surface area contributed by atoms with Gasteiger partial charge in [0, 0.05) is 13.2 Å². The highest BCUT2D eigenvalue weighted by atomic mass is 79.9. The van der Waals surface area contributed by atoms with Crippen molar-refractivity contribution < 1.29 is 4.42 Å². The Morgan fingerprint density at radius 1 is 1.56 bits per heavy atom. The zero-order valence-electron chi connectivity index (χ0n) is 9.06. The maximum absolute atomic E-state index is 6.02. The molecule has 16 heavy (non-hydrogen) atoms. The van der Waals surface area contributed by atoms with E-state index in [4.69, 9.17) is 10.2 Å². The SMILES string of the molecule is Cn1cc(CCC(N)c2ccc(Br)o2)cn1. The molecule has 0 aliphatic carbocycles. The molecule has 86 valence electrons. The van der Waals surface area contributed by atoms with Crippen molar-refractivity contribution in [3.05, 3.63) is 40.5 Å². The van der Waals surface area contributed by atoms with Crippen LogP contribution >= 0.6 is 15.9 Å². The second-order valence-corrected chi connectivity index (χ2v) is 4.59. The molecule has 0 saturated carbocycles. The average Bonchev–Trinajstić information content (AvgIpc) is 2.84. The predicted octanol–water partition coefficient (Wildman–Crippen LogP) is 2.41. The van der Waals surface area contributed by atoms with Crippen LogP contribution in [0.5, 0.6) is 0 Å². The van der Waals surface area contributed by atoms with Crippen LogP contribution in [0.3, 0.4) is 0 Å². The number of rotatable bonds is 4. The molecule has 5 heteroatoms. The van der Waals surface area contributed by atoms with Gasteiger partial charge in [-0.15, -0.1) is 0 Å². The van der Waals surface area contributed by atoms with E-state index in [0.717, 1.165) is 23.3 Å². The molecule has 2 rings (SSSR count). The van der Waals surface area contributed by atoms with Crippen molar-refractivity contribution in [2.24, 2.45) is 12.8 Å². The first-order valence-electron chi connectivity index (χ1n) is 5.13. The maximum Gasteiger partial charge on any atom is 0.169 e. The number of aryl methyl sites for hydroxylation is 2. The van der Waals surface area contributed by atoms with Crippen LogP contribution in [0.25, 0.3) is 0 Å². The number of nitrogens with zero attached hydrogens (tertiary/aromatic N) is 2. The van der Waals surface area contributed by atoms with Crippen molar-refractivity contribution in [3.63, 3.8) is 0 Å². The molecular formula is C11H14BrN3O. The maximum atomic E-state index is 6.02. The van der Waals surface area contributed by atoms with Crippen molar-refractivity contribution in [1.29, 1.82) is 0 Å². The number of furan rings is 1. The van der Waals surface area contributed by atoms with Crippen molar-refractivity contribution in [2.45, 2.75) is 18.9 Å². The fourth-order valence-corrected chi connectivity index (χ4v) is 1.91. The van der Waals surface area contributed by atoms with Crippen LogP contribution in [-0.4, -0.2) is 9.78 Å². The molecule has 1 atom stereocenters. The lowest BCUT2D eigenvalue weighted by molar-refractivity contribution is 0.437. The number of halogens is 1. The lowest BCUT2D eigenvalue weighted by Gasteiger charge is -2.06. The number of nitrogens with two attached hydrogens (primary N) is 1. The fraction of sp³-hybridized carbons (Fsp3) is 0.364. The Morgan fingerprint density at radius 2 is 2.38 bits per heavy atom. The van der Waals surface area contributed by atoms with E-state index in [9.17, 15) is 0 Å². The van der Waals surface area contributed by atoms with Crippen LogP contribution in [0.1, 0.15) is 23.8 Å². The topological polar surface area (TPSA) is 57.0 Å². The van der Waals surface area contributed by atoms with E-state index in [0.29, 0.717) is 0 Å². The molecule has 0 amide bonds. The minimum absolute atomic E-state index is 0.0634. The Labute approximate surface area is 103 Å². The fourth-order valence-electron chi connectivity index (χ4n) is 1.59. The molecule has 0 bridgehead atoms. The first-order valence-corrected chi connectivity index (χ1v) is 5.93. The lowest BCUT2D eigenvalue weighted by Crippen LogP contribution is -2.10. The Balaban J connectivity index is 1.91. The second-order valence-electron chi connectivity index (χ2n) is 3.81. The van der Waals surface area contributed by atoms with Gasteiger partial charge in [0.15, 0.2) is 4.67 Å². The van der Waals surface area contributed by atoms with Gasteiger partial charge in [0.1, 0.15) is 5.76 Å². The summed E-state index contributed by atoms with van der Waals surface area (Å²) < 4.78 is 7.93. The van der Waals surface area contributed by atoms with E-state index in [2.05, 4.69) is 21.0 Å². The van der Waals surface area contributed by atoms with Gasteiger partial charge in [-0.2, -0.15) is 5.10 Å². The van der Waals surface area contributed by atoms with Gasteiger partial charge in [-0.25, -0.2) is 0 Å². The summed E-state index contributed by atoms with van der Waals surface area (Å²) in [6, 6.07) is 3.70. The summed E-state index contributed by atoms with van der Waals surface area (Å²) in [7, 11) is 1.91. The van der Waals surface area contributed by atoms with Gasteiger partial charge in [0.05, 0.1) is 12.2 Å². The summed E-state index contributed by atoms with van der Waals surface area (Å²) in [5.74, 6) is 0.816. The van der Waals surface area contributed by atoms with Gasteiger partial charge in [0.25, 0.3) is 0 Å². The van der Waals surface area contributed by atoms with Gasteiger partial charge in [-0.05, 0) is 46.5 Å². The highest BCUT2D eigenvalue weighted by Gasteiger charge is 2.10. The van der Waals surface area contributed by atoms with Crippen LogP contribution in [0.15, 0.2) is 33.6 Å². The first-order chi connectivity index (χ1) is 7.65. The summed E-state index contributed by atoms with van der Waals surface area (Å²) in [6.07, 6.45) is 5.63. The number of hydrogen-bond acceptors (Lipinski definition) is 3. The van der Waals surface area contributed by atoms with Crippen LogP contribution in [-0.2, 0) is 13.5 Å². The van der Waals surface area contributed by atoms with Gasteiger partial charge in [0.2, 0.25) is 0 Å². The molecule has 0 radical (unpaired) electrons. The van der Waals surface area contributed by atoms with Crippen LogP contribution in [0.2, 0.25) is 0 Å². The standard InChI is InChI=1S/C11H14BrN3O/c1-15-7-8(6-14-15)2-3-9(13)10-4-5-11(12)16-10/h4-7,9H,2-3,13H2,1H3. The molecule has 1 unspecified atom stereocenters. The van der Waals surface area contributed by atoms with Gasteiger partial charge in [-0.1, -0.05) is 0 Å². The smallest absolute Gasteiger partial charge is 0.169 e. The minimum atomic E-state index is -0.0634. The van der Waals surface area contributed by atoms with Gasteiger partial charge in [-0.3, -0.25) is 4.68 Å². The van der Waals surface area contributed by atoms with E-state index in [-0.39, 0.29) is 6.04 Å². The van der Waals surface area contributed by atoms with Crippen LogP contribution < -0.4 is 5.73 Å². The molecule has 2 N–H and O–H groups in total. The molecule has 0 aliphatic rings. The van der Waals surface area contributed by atoms with Crippen LogP contribution in [0.4, 0.5) is 0 Å². The highest BCUT2D eigenvalue weighted by molar-refractivity contribution is 9.10. The molecular weight excluding hydrogens is 270 g/mol. The molecule has 4 nitrogen and oxygen atoms in total. The first kappa shape index (κ1) is 11.4. The number of hydrogen-bond donors (Lipinski definition) is 1. The third-order valence-electron chi connectivity index (χ3n) is 2.46. The zero-order chi connectivity index (χ0) is 11.5. The van der Waals surface area contributed by atoms with Crippen molar-refractivity contribution in [3.8, 4) is 0 Å². The predicted molar refractivity (Wildman–Crippen MR) is 64.9 cm³/mol. The largest absolute Gasteiger partial charge is 0.453 e. The summed E-state index contributed by atoms with van der Waals surface area (Å²) in [5, 5.41) is 4.12. The molecule has 0 aromatic carbocycles.